The zero-order valence-electron chi connectivity index (χ0n) is 19.9. The molecule has 1 aliphatic rings. The van der Waals surface area contributed by atoms with Crippen LogP contribution in [0.2, 0.25) is 0 Å². The number of likely N-dealkylation sites (tertiary alicyclic amines) is 1. The lowest BCUT2D eigenvalue weighted by Gasteiger charge is -2.40. The van der Waals surface area contributed by atoms with Gasteiger partial charge in [-0.25, -0.2) is 0 Å². The number of para-hydroxylation sites is 1. The first-order valence-electron chi connectivity index (χ1n) is 12.1. The number of amides is 1. The molecule has 1 aliphatic heterocycles. The zero-order chi connectivity index (χ0) is 24.2. The molecule has 0 aliphatic carbocycles. The highest BCUT2D eigenvalue weighted by Crippen LogP contribution is 2.28. The summed E-state index contributed by atoms with van der Waals surface area (Å²) in [6.45, 7) is 2.37. The molecule has 4 aromatic rings. The Balaban J connectivity index is 1.29. The van der Waals surface area contributed by atoms with Crippen LogP contribution in [0.4, 0.5) is 0 Å². The highest BCUT2D eigenvalue weighted by molar-refractivity contribution is 7.08. The number of nitrogens with zero attached hydrogens (tertiary/aromatic N) is 2. The monoisotopic (exact) mass is 486 g/mol. The fourth-order valence-corrected chi connectivity index (χ4v) is 5.81. The molecule has 0 saturated carbocycles. The highest BCUT2D eigenvalue weighted by atomic mass is 32.1. The average molecular weight is 487 g/mol. The molecule has 180 valence electrons. The molecule has 5 nitrogen and oxygen atoms in total. The van der Waals surface area contributed by atoms with Crippen LogP contribution in [-0.4, -0.2) is 41.9 Å². The minimum absolute atomic E-state index is 0.0528. The first-order valence-corrected chi connectivity index (χ1v) is 13.1. The van der Waals surface area contributed by atoms with E-state index in [1.165, 1.54) is 5.56 Å². The lowest BCUT2D eigenvalue weighted by molar-refractivity contribution is 0.0585. The van der Waals surface area contributed by atoms with Crippen molar-refractivity contribution in [1.29, 1.82) is 0 Å². The third-order valence-corrected chi connectivity index (χ3v) is 7.88. The van der Waals surface area contributed by atoms with Crippen LogP contribution < -0.4 is 5.43 Å². The molecule has 3 heterocycles. The molecule has 0 bridgehead atoms. The van der Waals surface area contributed by atoms with Crippen LogP contribution >= 0.6 is 11.3 Å². The summed E-state index contributed by atoms with van der Waals surface area (Å²) in [5.41, 5.74) is 3.39. The molecule has 35 heavy (non-hydrogen) atoms. The second kappa shape index (κ2) is 10.6. The Kier molecular flexibility index (Phi) is 7.11. The number of benzene rings is 2. The summed E-state index contributed by atoms with van der Waals surface area (Å²) in [4.78, 5) is 30.4. The van der Waals surface area contributed by atoms with E-state index in [9.17, 15) is 9.59 Å². The normalized spacial score (nSPS) is 15.8. The molecule has 1 saturated heterocycles. The van der Waals surface area contributed by atoms with Gasteiger partial charge in [-0.2, -0.15) is 11.3 Å². The van der Waals surface area contributed by atoms with E-state index in [4.69, 9.17) is 4.42 Å². The molecule has 0 N–H and O–H groups in total. The van der Waals surface area contributed by atoms with Crippen molar-refractivity contribution < 1.29 is 9.21 Å². The van der Waals surface area contributed by atoms with E-state index in [0.717, 1.165) is 37.9 Å². The number of rotatable bonds is 7. The fourth-order valence-electron chi connectivity index (χ4n) is 5.18. The van der Waals surface area contributed by atoms with Gasteiger partial charge >= 0.3 is 0 Å². The Labute approximate surface area is 209 Å². The largest absolute Gasteiger partial charge is 0.464 e. The maximum Gasteiger partial charge on any atom is 0.254 e. The van der Waals surface area contributed by atoms with Crippen LogP contribution in [0.15, 0.2) is 86.9 Å². The Morgan fingerprint density at radius 1 is 1.09 bits per heavy atom. The number of likely N-dealkylation sites (N-methyl/N-ethyl adjacent to an activating group) is 1. The fraction of sp³-hybridized carbons (Fsp3) is 0.310. The second-order valence-corrected chi connectivity index (χ2v) is 10.2. The number of hydrogen-bond donors (Lipinski definition) is 0. The summed E-state index contributed by atoms with van der Waals surface area (Å²) >= 11 is 1.55. The van der Waals surface area contributed by atoms with Crippen molar-refractivity contribution in [2.45, 2.75) is 31.8 Å². The maximum absolute atomic E-state index is 13.2. The summed E-state index contributed by atoms with van der Waals surface area (Å²) in [6.07, 6.45) is 4.42. The van der Waals surface area contributed by atoms with E-state index in [-0.39, 0.29) is 17.4 Å². The van der Waals surface area contributed by atoms with E-state index in [2.05, 4.69) is 29.2 Å². The number of hydrogen-bond acceptors (Lipinski definition) is 5. The van der Waals surface area contributed by atoms with Crippen LogP contribution in [0.3, 0.4) is 0 Å². The van der Waals surface area contributed by atoms with Crippen LogP contribution in [0.25, 0.3) is 11.0 Å². The van der Waals surface area contributed by atoms with Crippen LogP contribution in [0.5, 0.6) is 0 Å². The van der Waals surface area contributed by atoms with Gasteiger partial charge in [0.05, 0.1) is 17.2 Å². The van der Waals surface area contributed by atoms with Gasteiger partial charge < -0.3 is 9.32 Å². The minimum Gasteiger partial charge on any atom is -0.464 e. The smallest absolute Gasteiger partial charge is 0.254 e. The predicted molar refractivity (Wildman–Crippen MR) is 141 cm³/mol. The molecular weight excluding hydrogens is 456 g/mol. The lowest BCUT2D eigenvalue weighted by Crippen LogP contribution is -2.47. The van der Waals surface area contributed by atoms with Crippen molar-refractivity contribution in [3.05, 3.63) is 105 Å². The quantitative estimate of drug-likeness (QED) is 0.349. The molecule has 6 heteroatoms. The van der Waals surface area contributed by atoms with Crippen molar-refractivity contribution in [3.8, 4) is 0 Å². The molecule has 2 aromatic heterocycles. The Morgan fingerprint density at radius 2 is 1.83 bits per heavy atom. The molecule has 0 radical (unpaired) electrons. The Morgan fingerprint density at radius 3 is 2.57 bits per heavy atom. The number of carbonyl (C=O) groups is 1. The van der Waals surface area contributed by atoms with Gasteiger partial charge in [-0.1, -0.05) is 42.5 Å². The molecule has 1 amide bonds. The average Bonchev–Trinajstić information content (AvgIpc) is 3.45. The van der Waals surface area contributed by atoms with Crippen molar-refractivity contribution in [1.82, 2.24) is 9.80 Å². The molecular formula is C29H30N2O3S. The van der Waals surface area contributed by atoms with Crippen LogP contribution in [0.1, 0.15) is 34.3 Å². The van der Waals surface area contributed by atoms with Gasteiger partial charge in [-0.15, -0.1) is 0 Å². The van der Waals surface area contributed by atoms with Crippen LogP contribution in [-0.2, 0) is 13.0 Å². The van der Waals surface area contributed by atoms with E-state index < -0.39 is 0 Å². The molecule has 1 fully saturated rings. The standard InChI is InChI=1S/C29H30N2O3S/c1-30(29(33)23-13-16-35-20-23)26(17-21-7-3-2-4-8-21)22-11-14-31(15-12-22)18-24-19-34-27-10-6-5-9-25(27)28(24)32/h2-10,13,16,19-20,22,26H,11-12,14-15,17-18H2,1H3. The van der Waals surface area contributed by atoms with E-state index in [0.29, 0.717) is 29.0 Å². The number of carbonyl (C=O) groups excluding carboxylic acids is 1. The highest BCUT2D eigenvalue weighted by Gasteiger charge is 2.32. The Hall–Kier alpha value is -3.22. The molecule has 1 atom stereocenters. The van der Waals surface area contributed by atoms with Crippen molar-refractivity contribution >= 4 is 28.2 Å². The van der Waals surface area contributed by atoms with Gasteiger partial charge in [-0.3, -0.25) is 14.5 Å². The number of piperidine rings is 1. The summed E-state index contributed by atoms with van der Waals surface area (Å²) < 4.78 is 5.71. The van der Waals surface area contributed by atoms with Gasteiger partial charge in [0.25, 0.3) is 5.91 Å². The minimum atomic E-state index is 0.0528. The van der Waals surface area contributed by atoms with Gasteiger partial charge in [0.1, 0.15) is 5.58 Å². The predicted octanol–water partition coefficient (Wildman–Crippen LogP) is 5.45. The van der Waals surface area contributed by atoms with E-state index >= 15 is 0 Å². The molecule has 5 rings (SSSR count). The number of fused-ring (bicyclic) bond motifs is 1. The summed E-state index contributed by atoms with van der Waals surface area (Å²) in [5.74, 6) is 0.482. The first-order chi connectivity index (χ1) is 17.1. The Bertz CT molecular complexity index is 1330. The second-order valence-electron chi connectivity index (χ2n) is 9.38. The maximum atomic E-state index is 13.2. The van der Waals surface area contributed by atoms with Crippen molar-refractivity contribution in [3.63, 3.8) is 0 Å². The molecule has 0 spiro atoms. The van der Waals surface area contributed by atoms with E-state index in [1.807, 2.05) is 59.1 Å². The van der Waals surface area contributed by atoms with Crippen LogP contribution in [0, 0.1) is 5.92 Å². The lowest BCUT2D eigenvalue weighted by atomic mass is 9.84. The summed E-state index contributed by atoms with van der Waals surface area (Å²) in [5, 5.41) is 4.52. The van der Waals surface area contributed by atoms with Gasteiger partial charge in [0.2, 0.25) is 0 Å². The van der Waals surface area contributed by atoms with Crippen molar-refractivity contribution in [2.75, 3.05) is 20.1 Å². The topological polar surface area (TPSA) is 53.8 Å². The van der Waals surface area contributed by atoms with Gasteiger partial charge in [0.15, 0.2) is 5.43 Å². The first kappa shape index (κ1) is 23.5. The van der Waals surface area contributed by atoms with Gasteiger partial charge in [0, 0.05) is 30.6 Å². The zero-order valence-corrected chi connectivity index (χ0v) is 20.7. The molecule has 1 unspecified atom stereocenters. The molecule has 2 aromatic carbocycles. The van der Waals surface area contributed by atoms with Crippen molar-refractivity contribution in [2.24, 2.45) is 5.92 Å². The number of thiophene rings is 1. The summed E-state index contributed by atoms with van der Waals surface area (Å²) in [7, 11) is 1.94. The van der Waals surface area contributed by atoms with E-state index in [1.54, 1.807) is 17.6 Å². The SMILES string of the molecule is CN(C(=O)c1ccsc1)C(Cc1ccccc1)C1CCN(Cc2coc3ccccc3c2=O)CC1. The summed E-state index contributed by atoms with van der Waals surface area (Å²) in [6, 6.07) is 19.9. The third-order valence-electron chi connectivity index (χ3n) is 7.20. The third kappa shape index (κ3) is 5.24. The van der Waals surface area contributed by atoms with Gasteiger partial charge in [-0.05, 0) is 67.4 Å².